The van der Waals surface area contributed by atoms with Gasteiger partial charge in [0.25, 0.3) is 0 Å². The van der Waals surface area contributed by atoms with E-state index < -0.39 is 0 Å². The van der Waals surface area contributed by atoms with Crippen LogP contribution in [0, 0.1) is 0 Å². The Bertz CT molecular complexity index is 1210. The van der Waals surface area contributed by atoms with Crippen LogP contribution in [-0.4, -0.2) is 40.0 Å². The molecule has 0 bridgehead atoms. The predicted molar refractivity (Wildman–Crippen MR) is 111 cm³/mol. The van der Waals surface area contributed by atoms with Gasteiger partial charge < -0.3 is 19.7 Å². The van der Waals surface area contributed by atoms with Gasteiger partial charge in [0, 0.05) is 18.0 Å². The second-order valence-electron chi connectivity index (χ2n) is 6.29. The van der Waals surface area contributed by atoms with Gasteiger partial charge in [-0.2, -0.15) is 0 Å². The average Bonchev–Trinajstić information content (AvgIpc) is 3.11. The van der Waals surface area contributed by atoms with E-state index in [4.69, 9.17) is 9.47 Å². The van der Waals surface area contributed by atoms with Crippen LogP contribution >= 0.6 is 0 Å². The second-order valence-corrected chi connectivity index (χ2v) is 6.29. The number of aromatic nitrogens is 2. The van der Waals surface area contributed by atoms with E-state index in [0.717, 1.165) is 11.2 Å². The Morgan fingerprint density at radius 2 is 1.76 bits per heavy atom. The van der Waals surface area contributed by atoms with Gasteiger partial charge in [-0.25, -0.2) is 9.98 Å². The van der Waals surface area contributed by atoms with Crippen molar-refractivity contribution in [2.45, 2.75) is 0 Å². The molecule has 2 aromatic carbocycles. The van der Waals surface area contributed by atoms with Crippen LogP contribution in [0.2, 0.25) is 0 Å². The van der Waals surface area contributed by atoms with Gasteiger partial charge in [0.15, 0.2) is 28.8 Å². The number of phenols is 2. The van der Waals surface area contributed by atoms with Crippen LogP contribution < -0.4 is 9.47 Å². The van der Waals surface area contributed by atoms with Gasteiger partial charge in [0.1, 0.15) is 11.3 Å². The second kappa shape index (κ2) is 7.55. The van der Waals surface area contributed by atoms with Gasteiger partial charge in [-0.15, -0.1) is 0 Å². The fraction of sp³-hybridized carbons (Fsp3) is 0.0909. The first kappa shape index (κ1) is 18.4. The molecule has 0 aliphatic heterocycles. The molecule has 0 saturated heterocycles. The Morgan fingerprint density at radius 3 is 2.52 bits per heavy atom. The topological polar surface area (TPSA) is 88.6 Å². The van der Waals surface area contributed by atoms with Gasteiger partial charge >= 0.3 is 0 Å². The maximum atomic E-state index is 9.99. The third-order valence-electron chi connectivity index (χ3n) is 4.50. The number of hydrogen-bond donors (Lipinski definition) is 2. The normalized spacial score (nSPS) is 11.2. The van der Waals surface area contributed by atoms with E-state index in [0.29, 0.717) is 28.6 Å². The van der Waals surface area contributed by atoms with Gasteiger partial charge in [-0.05, 0) is 54.1 Å². The summed E-state index contributed by atoms with van der Waals surface area (Å²) in [6.07, 6.45) is 3.53. The molecule has 2 heterocycles. The summed E-state index contributed by atoms with van der Waals surface area (Å²) in [6, 6.07) is 15.8. The van der Waals surface area contributed by atoms with Crippen molar-refractivity contribution in [1.29, 1.82) is 0 Å². The molecule has 7 nitrogen and oxygen atoms in total. The maximum Gasteiger partial charge on any atom is 0.165 e. The zero-order valence-electron chi connectivity index (χ0n) is 15.9. The molecule has 0 saturated carbocycles. The molecule has 0 aliphatic rings. The van der Waals surface area contributed by atoms with Crippen LogP contribution in [0.25, 0.3) is 16.9 Å². The van der Waals surface area contributed by atoms with E-state index in [1.807, 2.05) is 28.8 Å². The standard InChI is InChI=1S/C22H19N3O4/c1-28-18-9-6-14(11-17(18)27)13-23-22-21(24-20-5-3-4-10-25(20)22)15-7-8-16(26)19(12-15)29-2/h3-13,26-27H,1-2H3. The number of ether oxygens (including phenoxy) is 2. The molecular weight excluding hydrogens is 370 g/mol. The number of methoxy groups -OCH3 is 2. The van der Waals surface area contributed by atoms with Crippen molar-refractivity contribution >= 4 is 17.7 Å². The number of hydrogen-bond acceptors (Lipinski definition) is 6. The average molecular weight is 389 g/mol. The number of nitrogens with zero attached hydrogens (tertiary/aromatic N) is 3. The third-order valence-corrected chi connectivity index (χ3v) is 4.50. The van der Waals surface area contributed by atoms with Crippen molar-refractivity contribution in [3.63, 3.8) is 0 Å². The van der Waals surface area contributed by atoms with Crippen molar-refractivity contribution < 1.29 is 19.7 Å². The quantitative estimate of drug-likeness (QED) is 0.500. The highest BCUT2D eigenvalue weighted by atomic mass is 16.5. The molecule has 0 unspecified atom stereocenters. The highest BCUT2D eigenvalue weighted by Crippen LogP contribution is 2.36. The van der Waals surface area contributed by atoms with E-state index in [1.165, 1.54) is 14.2 Å². The number of rotatable bonds is 5. The van der Waals surface area contributed by atoms with E-state index in [-0.39, 0.29) is 11.5 Å². The Balaban J connectivity index is 1.83. The molecule has 0 atom stereocenters. The molecule has 29 heavy (non-hydrogen) atoms. The van der Waals surface area contributed by atoms with E-state index in [9.17, 15) is 10.2 Å². The Hall–Kier alpha value is -4.00. The molecule has 2 N–H and O–H groups in total. The number of imidazole rings is 1. The van der Waals surface area contributed by atoms with Crippen LogP contribution in [0.1, 0.15) is 5.56 Å². The smallest absolute Gasteiger partial charge is 0.165 e. The molecule has 7 heteroatoms. The lowest BCUT2D eigenvalue weighted by atomic mass is 10.1. The summed E-state index contributed by atoms with van der Waals surface area (Å²) in [6.45, 7) is 0. The summed E-state index contributed by atoms with van der Waals surface area (Å²) in [4.78, 5) is 9.32. The molecule has 4 rings (SSSR count). The molecular formula is C22H19N3O4. The van der Waals surface area contributed by atoms with Crippen LogP contribution in [0.4, 0.5) is 5.82 Å². The third kappa shape index (κ3) is 3.45. The number of benzene rings is 2. The lowest BCUT2D eigenvalue weighted by Crippen LogP contribution is -1.88. The van der Waals surface area contributed by atoms with Gasteiger partial charge in [-0.1, -0.05) is 6.07 Å². The number of fused-ring (bicyclic) bond motifs is 1. The first-order valence-corrected chi connectivity index (χ1v) is 8.86. The molecule has 0 aliphatic carbocycles. The first-order chi connectivity index (χ1) is 14.1. The minimum absolute atomic E-state index is 0.0399. The number of aromatic hydroxyl groups is 2. The summed E-state index contributed by atoms with van der Waals surface area (Å²) in [5.74, 6) is 1.46. The molecule has 2 aromatic heterocycles. The van der Waals surface area contributed by atoms with Crippen molar-refractivity contribution in [2.24, 2.45) is 4.99 Å². The minimum atomic E-state index is 0.0399. The highest BCUT2D eigenvalue weighted by molar-refractivity contribution is 5.86. The monoisotopic (exact) mass is 389 g/mol. The zero-order chi connectivity index (χ0) is 20.4. The molecule has 0 radical (unpaired) electrons. The van der Waals surface area contributed by atoms with Crippen molar-refractivity contribution in [1.82, 2.24) is 9.38 Å². The van der Waals surface area contributed by atoms with Gasteiger partial charge in [0.05, 0.1) is 14.2 Å². The summed E-state index contributed by atoms with van der Waals surface area (Å²) >= 11 is 0. The summed E-state index contributed by atoms with van der Waals surface area (Å²) in [7, 11) is 3.00. The number of phenolic OH excluding ortho intramolecular Hbond substituents is 2. The van der Waals surface area contributed by atoms with Crippen molar-refractivity contribution in [3.05, 3.63) is 66.4 Å². The summed E-state index contributed by atoms with van der Waals surface area (Å²) in [5, 5.41) is 19.9. The zero-order valence-corrected chi connectivity index (χ0v) is 15.9. The molecule has 146 valence electrons. The van der Waals surface area contributed by atoms with E-state index in [1.54, 1.807) is 42.6 Å². The predicted octanol–water partition coefficient (Wildman–Crippen LogP) is 4.18. The first-order valence-electron chi connectivity index (χ1n) is 8.86. The van der Waals surface area contributed by atoms with Crippen LogP contribution in [0.3, 0.4) is 0 Å². The molecule has 0 amide bonds. The SMILES string of the molecule is COc1ccc(C=Nc2c(-c3ccc(O)c(OC)c3)nc3ccccn23)cc1O. The van der Waals surface area contributed by atoms with Gasteiger partial charge in [0.2, 0.25) is 0 Å². The number of pyridine rings is 1. The molecule has 4 aromatic rings. The minimum Gasteiger partial charge on any atom is -0.504 e. The summed E-state index contributed by atoms with van der Waals surface area (Å²) in [5.41, 5.74) is 2.85. The van der Waals surface area contributed by atoms with E-state index >= 15 is 0 Å². The van der Waals surface area contributed by atoms with Crippen LogP contribution in [0.15, 0.2) is 65.8 Å². The maximum absolute atomic E-state index is 9.99. The largest absolute Gasteiger partial charge is 0.504 e. The Labute approximate surface area is 167 Å². The lowest BCUT2D eigenvalue weighted by molar-refractivity contribution is 0.373. The molecule has 0 spiro atoms. The Kier molecular flexibility index (Phi) is 4.78. The number of aliphatic imine (C=N–C) groups is 1. The fourth-order valence-electron chi connectivity index (χ4n) is 3.05. The van der Waals surface area contributed by atoms with Crippen molar-refractivity contribution in [2.75, 3.05) is 14.2 Å². The van der Waals surface area contributed by atoms with E-state index in [2.05, 4.69) is 9.98 Å². The van der Waals surface area contributed by atoms with Crippen molar-refractivity contribution in [3.8, 4) is 34.3 Å². The fourth-order valence-corrected chi connectivity index (χ4v) is 3.05. The highest BCUT2D eigenvalue weighted by Gasteiger charge is 2.15. The van der Waals surface area contributed by atoms with Gasteiger partial charge in [-0.3, -0.25) is 4.40 Å². The molecule has 0 fully saturated rings. The summed E-state index contributed by atoms with van der Waals surface area (Å²) < 4.78 is 12.2. The van der Waals surface area contributed by atoms with Crippen LogP contribution in [-0.2, 0) is 0 Å². The Morgan fingerprint density at radius 1 is 0.931 bits per heavy atom. The lowest BCUT2D eigenvalue weighted by Gasteiger charge is -2.06. The van der Waals surface area contributed by atoms with Crippen LogP contribution in [0.5, 0.6) is 23.0 Å².